The number of benzene rings is 1. The van der Waals surface area contributed by atoms with E-state index in [0.717, 1.165) is 9.26 Å². The van der Waals surface area contributed by atoms with E-state index in [0.29, 0.717) is 6.61 Å². The van der Waals surface area contributed by atoms with Crippen LogP contribution in [0.3, 0.4) is 0 Å². The monoisotopic (exact) mass is 334 g/mol. The minimum atomic E-state index is -0.214. The van der Waals surface area contributed by atoms with Gasteiger partial charge in [-0.15, -0.1) is 0 Å². The van der Waals surface area contributed by atoms with Crippen molar-refractivity contribution in [2.45, 2.75) is 13.0 Å². The second kappa shape index (κ2) is 6.70. The molecule has 1 aromatic rings. The first-order chi connectivity index (χ1) is 7.63. The molecule has 0 bridgehead atoms. The molecule has 1 rings (SSSR count). The van der Waals surface area contributed by atoms with Crippen molar-refractivity contribution in [1.82, 2.24) is 5.32 Å². The van der Waals surface area contributed by atoms with Crippen LogP contribution in [0.25, 0.3) is 0 Å². The predicted molar refractivity (Wildman–Crippen MR) is 72.7 cm³/mol. The Kier molecular flexibility index (Phi) is 5.54. The van der Waals surface area contributed by atoms with Gasteiger partial charge in [0.15, 0.2) is 0 Å². The first-order valence-electron chi connectivity index (χ1n) is 4.94. The van der Waals surface area contributed by atoms with Crippen LogP contribution in [0.1, 0.15) is 6.92 Å². The van der Waals surface area contributed by atoms with Gasteiger partial charge in [-0.25, -0.2) is 4.79 Å². The zero-order valence-corrected chi connectivity index (χ0v) is 11.4. The van der Waals surface area contributed by atoms with E-state index in [2.05, 4.69) is 33.2 Å². The Labute approximate surface area is 109 Å². The van der Waals surface area contributed by atoms with Crippen LogP contribution >= 0.6 is 22.6 Å². The van der Waals surface area contributed by atoms with Crippen molar-refractivity contribution < 1.29 is 9.53 Å². The SMILES string of the molecule is COCC(C)NC(=O)Nc1ccccc1I. The van der Waals surface area contributed by atoms with E-state index in [-0.39, 0.29) is 12.1 Å². The van der Waals surface area contributed by atoms with Gasteiger partial charge >= 0.3 is 6.03 Å². The highest BCUT2D eigenvalue weighted by Crippen LogP contribution is 2.16. The molecule has 0 aromatic heterocycles. The molecule has 0 heterocycles. The first-order valence-corrected chi connectivity index (χ1v) is 6.02. The van der Waals surface area contributed by atoms with Crippen molar-refractivity contribution in [1.29, 1.82) is 0 Å². The topological polar surface area (TPSA) is 50.4 Å². The van der Waals surface area contributed by atoms with Gasteiger partial charge in [0.1, 0.15) is 0 Å². The largest absolute Gasteiger partial charge is 0.383 e. The minimum Gasteiger partial charge on any atom is -0.383 e. The van der Waals surface area contributed by atoms with E-state index in [9.17, 15) is 4.79 Å². The molecule has 1 unspecified atom stereocenters. The Morgan fingerprint density at radius 2 is 2.19 bits per heavy atom. The molecule has 2 N–H and O–H groups in total. The fraction of sp³-hybridized carbons (Fsp3) is 0.364. The van der Waals surface area contributed by atoms with Crippen LogP contribution in [0.4, 0.5) is 10.5 Å². The van der Waals surface area contributed by atoms with Crippen LogP contribution in [-0.4, -0.2) is 25.8 Å². The van der Waals surface area contributed by atoms with E-state index in [1.165, 1.54) is 0 Å². The van der Waals surface area contributed by atoms with Gasteiger partial charge in [0.2, 0.25) is 0 Å². The van der Waals surface area contributed by atoms with E-state index >= 15 is 0 Å². The number of carbonyl (C=O) groups excluding carboxylic acids is 1. The lowest BCUT2D eigenvalue weighted by Gasteiger charge is -2.14. The summed E-state index contributed by atoms with van der Waals surface area (Å²) in [5.41, 5.74) is 0.810. The molecular weight excluding hydrogens is 319 g/mol. The molecular formula is C11H15IN2O2. The summed E-state index contributed by atoms with van der Waals surface area (Å²) in [4.78, 5) is 11.6. The molecule has 0 aliphatic heterocycles. The van der Waals surface area contributed by atoms with Crippen molar-refractivity contribution in [3.8, 4) is 0 Å². The predicted octanol–water partition coefficient (Wildman–Crippen LogP) is 2.45. The minimum absolute atomic E-state index is 0.00799. The van der Waals surface area contributed by atoms with Crippen LogP contribution in [0.15, 0.2) is 24.3 Å². The third-order valence-electron chi connectivity index (χ3n) is 1.92. The number of halogens is 1. The Bertz CT molecular complexity index is 358. The summed E-state index contributed by atoms with van der Waals surface area (Å²) in [5.74, 6) is 0. The maximum absolute atomic E-state index is 11.6. The number of anilines is 1. The number of urea groups is 1. The lowest BCUT2D eigenvalue weighted by Crippen LogP contribution is -2.38. The van der Waals surface area contributed by atoms with Crippen LogP contribution < -0.4 is 10.6 Å². The first kappa shape index (κ1) is 13.2. The number of carbonyl (C=O) groups is 1. The average molecular weight is 334 g/mol. The molecule has 88 valence electrons. The van der Waals surface area contributed by atoms with Crippen LogP contribution in [-0.2, 0) is 4.74 Å². The number of hydrogen-bond donors (Lipinski definition) is 2. The number of hydrogen-bond acceptors (Lipinski definition) is 2. The van der Waals surface area contributed by atoms with Crippen molar-refractivity contribution >= 4 is 34.3 Å². The van der Waals surface area contributed by atoms with E-state index in [1.54, 1.807) is 7.11 Å². The summed E-state index contributed by atoms with van der Waals surface area (Å²) < 4.78 is 5.94. The number of amides is 2. The standard InChI is InChI=1S/C11H15IN2O2/c1-8(7-16-2)13-11(15)14-10-6-4-3-5-9(10)12/h3-6,8H,7H2,1-2H3,(H2,13,14,15). The summed E-state index contributed by atoms with van der Waals surface area (Å²) in [6.07, 6.45) is 0. The van der Waals surface area contributed by atoms with E-state index in [1.807, 2.05) is 31.2 Å². The summed E-state index contributed by atoms with van der Waals surface area (Å²) in [5, 5.41) is 5.56. The third-order valence-corrected chi connectivity index (χ3v) is 2.86. The van der Waals surface area contributed by atoms with Crippen LogP contribution in [0, 0.1) is 3.57 Å². The highest BCUT2D eigenvalue weighted by atomic mass is 127. The maximum atomic E-state index is 11.6. The number of nitrogens with one attached hydrogen (secondary N) is 2. The second-order valence-corrected chi connectivity index (χ2v) is 4.60. The fourth-order valence-corrected chi connectivity index (χ4v) is 1.76. The number of para-hydroxylation sites is 1. The maximum Gasteiger partial charge on any atom is 0.319 e. The van der Waals surface area contributed by atoms with Crippen molar-refractivity contribution in [3.05, 3.63) is 27.8 Å². The highest BCUT2D eigenvalue weighted by molar-refractivity contribution is 14.1. The zero-order chi connectivity index (χ0) is 12.0. The van der Waals surface area contributed by atoms with Gasteiger partial charge in [0.05, 0.1) is 18.3 Å². The Hall–Kier alpha value is -0.820. The van der Waals surface area contributed by atoms with Crippen molar-refractivity contribution in [3.63, 3.8) is 0 Å². The number of rotatable bonds is 4. The van der Waals surface area contributed by atoms with Gasteiger partial charge in [-0.2, -0.15) is 0 Å². The molecule has 0 spiro atoms. The van der Waals surface area contributed by atoms with Gasteiger partial charge in [0, 0.05) is 10.7 Å². The zero-order valence-electron chi connectivity index (χ0n) is 9.29. The molecule has 0 aliphatic rings. The summed E-state index contributed by atoms with van der Waals surface area (Å²) in [7, 11) is 1.61. The molecule has 0 aliphatic carbocycles. The smallest absolute Gasteiger partial charge is 0.319 e. The molecule has 0 radical (unpaired) electrons. The lowest BCUT2D eigenvalue weighted by atomic mass is 10.3. The average Bonchev–Trinajstić information content (AvgIpc) is 2.21. The normalized spacial score (nSPS) is 11.9. The van der Waals surface area contributed by atoms with Crippen LogP contribution in [0.2, 0.25) is 0 Å². The molecule has 2 amide bonds. The van der Waals surface area contributed by atoms with Gasteiger partial charge in [-0.05, 0) is 41.6 Å². The van der Waals surface area contributed by atoms with E-state index < -0.39 is 0 Å². The molecule has 5 heteroatoms. The molecule has 4 nitrogen and oxygen atoms in total. The Morgan fingerprint density at radius 3 is 2.81 bits per heavy atom. The molecule has 1 aromatic carbocycles. The number of methoxy groups -OCH3 is 1. The second-order valence-electron chi connectivity index (χ2n) is 3.43. The summed E-state index contributed by atoms with van der Waals surface area (Å²) in [6.45, 7) is 2.39. The quantitative estimate of drug-likeness (QED) is 0.831. The van der Waals surface area contributed by atoms with E-state index in [4.69, 9.17) is 4.74 Å². The summed E-state index contributed by atoms with van der Waals surface area (Å²) >= 11 is 2.18. The van der Waals surface area contributed by atoms with Gasteiger partial charge in [-0.1, -0.05) is 12.1 Å². The molecule has 1 atom stereocenters. The highest BCUT2D eigenvalue weighted by Gasteiger charge is 2.07. The van der Waals surface area contributed by atoms with Crippen molar-refractivity contribution in [2.75, 3.05) is 19.0 Å². The Morgan fingerprint density at radius 1 is 1.50 bits per heavy atom. The van der Waals surface area contributed by atoms with Crippen molar-refractivity contribution in [2.24, 2.45) is 0 Å². The molecule has 0 fully saturated rings. The third kappa shape index (κ3) is 4.36. The lowest BCUT2D eigenvalue weighted by molar-refractivity contribution is 0.173. The molecule has 0 saturated heterocycles. The van der Waals surface area contributed by atoms with Gasteiger partial charge < -0.3 is 15.4 Å². The molecule has 0 saturated carbocycles. The van der Waals surface area contributed by atoms with Crippen LogP contribution in [0.5, 0.6) is 0 Å². The fourth-order valence-electron chi connectivity index (χ4n) is 1.24. The number of ether oxygens (including phenoxy) is 1. The van der Waals surface area contributed by atoms with Gasteiger partial charge in [-0.3, -0.25) is 0 Å². The van der Waals surface area contributed by atoms with Gasteiger partial charge in [0.25, 0.3) is 0 Å². The summed E-state index contributed by atoms with van der Waals surface area (Å²) in [6, 6.07) is 7.39. The Balaban J connectivity index is 2.49. The molecule has 16 heavy (non-hydrogen) atoms.